The van der Waals surface area contributed by atoms with E-state index in [9.17, 15) is 9.18 Å². The lowest BCUT2D eigenvalue weighted by Crippen LogP contribution is -2.45. The highest BCUT2D eigenvalue weighted by molar-refractivity contribution is 7.12. The lowest BCUT2D eigenvalue weighted by molar-refractivity contribution is 0.0640. The first-order chi connectivity index (χ1) is 19.2. The van der Waals surface area contributed by atoms with Crippen LogP contribution in [-0.4, -0.2) is 51.9 Å². The maximum Gasteiger partial charge on any atom is 0.253 e. The highest BCUT2D eigenvalue weighted by atomic mass is 32.1. The molecule has 1 aliphatic rings. The number of piperidine rings is 1. The lowest BCUT2D eigenvalue weighted by atomic mass is 10.0. The summed E-state index contributed by atoms with van der Waals surface area (Å²) in [4.78, 5) is 29.1. The molecule has 0 bridgehead atoms. The summed E-state index contributed by atoms with van der Waals surface area (Å²) in [5, 5.41) is 6.36. The molecule has 40 heavy (non-hydrogen) atoms. The van der Waals surface area contributed by atoms with Gasteiger partial charge in [-0.25, -0.2) is 9.37 Å². The highest BCUT2D eigenvalue weighted by Crippen LogP contribution is 2.25. The third-order valence-electron chi connectivity index (χ3n) is 7.47. The zero-order chi connectivity index (χ0) is 28.2. The SMILES string of the molecule is Cc1cc(Nc2ccnc(Nc3ccc(C(=O)N4CCC(N(C)Cc5cc(C)c(C)s5)CC4)cc3)n2)ccc1F. The fraction of sp³-hybridized carbons (Fsp3) is 0.323. The number of likely N-dealkylation sites (tertiary alicyclic amines) is 1. The molecule has 0 aliphatic carbocycles. The van der Waals surface area contributed by atoms with Crippen molar-refractivity contribution in [3.8, 4) is 0 Å². The van der Waals surface area contributed by atoms with Crippen LogP contribution in [0.3, 0.4) is 0 Å². The average Bonchev–Trinajstić information content (AvgIpc) is 3.27. The molecule has 0 unspecified atom stereocenters. The monoisotopic (exact) mass is 558 g/mol. The van der Waals surface area contributed by atoms with Gasteiger partial charge in [0.1, 0.15) is 11.6 Å². The number of nitrogens with one attached hydrogen (secondary N) is 2. The Bertz CT molecular complexity index is 1460. The molecule has 7 nitrogen and oxygen atoms in total. The molecule has 2 aromatic carbocycles. The zero-order valence-corrected chi connectivity index (χ0v) is 24.2. The molecule has 3 heterocycles. The summed E-state index contributed by atoms with van der Waals surface area (Å²) in [5.41, 5.74) is 4.12. The predicted molar refractivity (Wildman–Crippen MR) is 160 cm³/mol. The third-order valence-corrected chi connectivity index (χ3v) is 8.61. The van der Waals surface area contributed by atoms with Gasteiger partial charge in [-0.1, -0.05) is 0 Å². The Balaban J connectivity index is 1.14. The van der Waals surface area contributed by atoms with Crippen LogP contribution in [0.25, 0.3) is 0 Å². The van der Waals surface area contributed by atoms with Crippen LogP contribution in [-0.2, 0) is 6.54 Å². The second-order valence-electron chi connectivity index (χ2n) is 10.4. The topological polar surface area (TPSA) is 73.4 Å². The van der Waals surface area contributed by atoms with E-state index in [-0.39, 0.29) is 11.7 Å². The molecule has 1 saturated heterocycles. The van der Waals surface area contributed by atoms with Crippen molar-refractivity contribution in [2.75, 3.05) is 30.8 Å². The van der Waals surface area contributed by atoms with Crippen molar-refractivity contribution in [1.82, 2.24) is 19.8 Å². The van der Waals surface area contributed by atoms with Gasteiger partial charge in [0.05, 0.1) is 0 Å². The predicted octanol–water partition coefficient (Wildman–Crippen LogP) is 6.83. The number of rotatable bonds is 8. The quantitative estimate of drug-likeness (QED) is 0.247. The number of amides is 1. The number of aryl methyl sites for hydroxylation is 3. The number of nitrogens with zero attached hydrogens (tertiary/aromatic N) is 4. The van der Waals surface area contributed by atoms with Crippen molar-refractivity contribution >= 4 is 40.4 Å². The van der Waals surface area contributed by atoms with Gasteiger partial charge in [-0.3, -0.25) is 9.69 Å². The summed E-state index contributed by atoms with van der Waals surface area (Å²) in [6.07, 6.45) is 3.60. The summed E-state index contributed by atoms with van der Waals surface area (Å²) < 4.78 is 13.6. The summed E-state index contributed by atoms with van der Waals surface area (Å²) in [5.74, 6) is 0.825. The Hall–Kier alpha value is -3.82. The van der Waals surface area contributed by atoms with Crippen LogP contribution in [0.1, 0.15) is 44.1 Å². The van der Waals surface area contributed by atoms with E-state index < -0.39 is 0 Å². The molecule has 0 radical (unpaired) electrons. The summed E-state index contributed by atoms with van der Waals surface area (Å²) in [6, 6.07) is 16.8. The van der Waals surface area contributed by atoms with Crippen molar-refractivity contribution in [3.63, 3.8) is 0 Å². The van der Waals surface area contributed by atoms with E-state index in [2.05, 4.69) is 52.5 Å². The second-order valence-corrected chi connectivity index (χ2v) is 11.8. The van der Waals surface area contributed by atoms with Crippen LogP contribution in [0, 0.1) is 26.6 Å². The molecule has 2 N–H and O–H groups in total. The molecule has 1 aliphatic heterocycles. The van der Waals surface area contributed by atoms with Crippen molar-refractivity contribution in [2.45, 2.75) is 46.2 Å². The van der Waals surface area contributed by atoms with Crippen LogP contribution in [0.4, 0.5) is 27.5 Å². The molecule has 1 amide bonds. The van der Waals surface area contributed by atoms with Crippen molar-refractivity contribution in [1.29, 1.82) is 0 Å². The molecular formula is C31H35FN6OS. The lowest BCUT2D eigenvalue weighted by Gasteiger charge is -2.36. The number of benzene rings is 2. The second kappa shape index (κ2) is 12.1. The van der Waals surface area contributed by atoms with Gasteiger partial charge in [0, 0.05) is 58.6 Å². The first kappa shape index (κ1) is 27.7. The van der Waals surface area contributed by atoms with Gasteiger partial charge in [0.2, 0.25) is 5.95 Å². The van der Waals surface area contributed by atoms with Crippen LogP contribution >= 0.6 is 11.3 Å². The Morgan fingerprint density at radius 2 is 1.73 bits per heavy atom. The summed E-state index contributed by atoms with van der Waals surface area (Å²) >= 11 is 1.88. The average molecular weight is 559 g/mol. The minimum absolute atomic E-state index is 0.0641. The molecular weight excluding hydrogens is 523 g/mol. The van der Waals surface area contributed by atoms with Gasteiger partial charge in [-0.15, -0.1) is 11.3 Å². The number of carbonyl (C=O) groups excluding carboxylic acids is 1. The fourth-order valence-corrected chi connectivity index (χ4v) is 6.10. The fourth-order valence-electron chi connectivity index (χ4n) is 4.98. The molecule has 1 fully saturated rings. The van der Waals surface area contributed by atoms with Crippen LogP contribution < -0.4 is 10.6 Å². The standard InChI is InChI=1S/C31H35FN6OS/c1-20-18-27(40-22(20)3)19-37(4)26-12-15-38(16-13-26)30(39)23-5-7-24(8-6-23)35-31-33-14-11-29(36-31)34-25-9-10-28(32)21(2)17-25/h5-11,14,17-18,26H,12-13,15-16,19H2,1-4H3,(H2,33,34,35,36). The largest absolute Gasteiger partial charge is 0.340 e. The molecule has 208 valence electrons. The Morgan fingerprint density at radius 3 is 2.40 bits per heavy atom. The minimum atomic E-state index is -0.246. The Kier molecular flexibility index (Phi) is 8.42. The van der Waals surface area contributed by atoms with Gasteiger partial charge in [-0.2, -0.15) is 4.98 Å². The zero-order valence-electron chi connectivity index (χ0n) is 23.4. The first-order valence-corrected chi connectivity index (χ1v) is 14.4. The third kappa shape index (κ3) is 6.66. The van der Waals surface area contributed by atoms with E-state index in [1.807, 2.05) is 40.5 Å². The minimum Gasteiger partial charge on any atom is -0.340 e. The summed E-state index contributed by atoms with van der Waals surface area (Å²) in [7, 11) is 2.19. The molecule has 9 heteroatoms. The molecule has 0 spiro atoms. The number of hydrogen-bond donors (Lipinski definition) is 2. The van der Waals surface area contributed by atoms with Gasteiger partial charge in [-0.05, 0) is 106 Å². The summed E-state index contributed by atoms with van der Waals surface area (Å²) in [6.45, 7) is 8.55. The smallest absolute Gasteiger partial charge is 0.253 e. The van der Waals surface area contributed by atoms with E-state index in [1.54, 1.807) is 31.3 Å². The van der Waals surface area contributed by atoms with E-state index in [0.717, 1.165) is 43.9 Å². The van der Waals surface area contributed by atoms with Gasteiger partial charge >= 0.3 is 0 Å². The van der Waals surface area contributed by atoms with Crippen molar-refractivity contribution < 1.29 is 9.18 Å². The van der Waals surface area contributed by atoms with E-state index in [1.165, 1.54) is 21.4 Å². The molecule has 4 aromatic rings. The van der Waals surface area contributed by atoms with Crippen LogP contribution in [0.2, 0.25) is 0 Å². The molecule has 5 rings (SSSR count). The number of thiophene rings is 1. The number of carbonyl (C=O) groups is 1. The maximum atomic E-state index is 13.6. The molecule has 2 aromatic heterocycles. The van der Waals surface area contributed by atoms with Crippen molar-refractivity contribution in [2.24, 2.45) is 0 Å². The van der Waals surface area contributed by atoms with E-state index in [4.69, 9.17) is 0 Å². The maximum absolute atomic E-state index is 13.6. The van der Waals surface area contributed by atoms with E-state index >= 15 is 0 Å². The van der Waals surface area contributed by atoms with Crippen LogP contribution in [0.5, 0.6) is 0 Å². The number of anilines is 4. The van der Waals surface area contributed by atoms with Crippen molar-refractivity contribution in [3.05, 3.63) is 93.1 Å². The Labute approximate surface area is 239 Å². The number of aromatic nitrogens is 2. The number of hydrogen-bond acceptors (Lipinski definition) is 7. The normalized spacial score (nSPS) is 14.0. The highest BCUT2D eigenvalue weighted by Gasteiger charge is 2.26. The Morgan fingerprint density at radius 1 is 1.00 bits per heavy atom. The molecule has 0 atom stereocenters. The molecule has 0 saturated carbocycles. The van der Waals surface area contributed by atoms with Gasteiger partial charge < -0.3 is 15.5 Å². The first-order valence-electron chi connectivity index (χ1n) is 13.5. The van der Waals surface area contributed by atoms with Gasteiger partial charge in [0.15, 0.2) is 0 Å². The number of halogens is 1. The van der Waals surface area contributed by atoms with Crippen LogP contribution in [0.15, 0.2) is 60.8 Å². The van der Waals surface area contributed by atoms with Gasteiger partial charge in [0.25, 0.3) is 5.91 Å². The van der Waals surface area contributed by atoms with E-state index in [0.29, 0.717) is 28.9 Å².